The van der Waals surface area contributed by atoms with Gasteiger partial charge in [0.1, 0.15) is 0 Å². The van der Waals surface area contributed by atoms with E-state index in [1.54, 1.807) is 6.20 Å². The molecule has 0 saturated heterocycles. The van der Waals surface area contributed by atoms with Gasteiger partial charge < -0.3 is 0 Å². The molecule has 0 aliphatic rings. The van der Waals surface area contributed by atoms with Crippen molar-refractivity contribution in [3.05, 3.63) is 30.4 Å². The summed E-state index contributed by atoms with van der Waals surface area (Å²) in [5.74, 6) is 0.755. The Kier molecular flexibility index (Phi) is 0.974. The molecule has 0 radical (unpaired) electrons. The highest BCUT2D eigenvalue weighted by Crippen LogP contribution is 1.97. The van der Waals surface area contributed by atoms with Crippen LogP contribution in [0.3, 0.4) is 0 Å². The lowest BCUT2D eigenvalue weighted by Gasteiger charge is -1.91. The molecule has 0 aliphatic heterocycles. The van der Waals surface area contributed by atoms with Crippen molar-refractivity contribution in [1.29, 1.82) is 0 Å². The van der Waals surface area contributed by atoms with Gasteiger partial charge in [0.2, 0.25) is 5.78 Å². The summed E-state index contributed by atoms with van der Waals surface area (Å²) >= 11 is 0. The SMILES string of the molecule is Cc1cnc2nccn2c1. The summed E-state index contributed by atoms with van der Waals surface area (Å²) in [5.41, 5.74) is 1.14. The summed E-state index contributed by atoms with van der Waals surface area (Å²) in [7, 11) is 0. The van der Waals surface area contributed by atoms with Crippen LogP contribution in [0.15, 0.2) is 24.8 Å². The van der Waals surface area contributed by atoms with E-state index in [-0.39, 0.29) is 0 Å². The molecule has 10 heavy (non-hydrogen) atoms. The second kappa shape index (κ2) is 1.80. The van der Waals surface area contributed by atoms with Crippen LogP contribution in [0, 0.1) is 6.92 Å². The first kappa shape index (κ1) is 5.41. The number of hydrogen-bond acceptors (Lipinski definition) is 2. The van der Waals surface area contributed by atoms with Crippen LogP contribution in [0.2, 0.25) is 0 Å². The standard InChI is InChI=1S/C7H7N3/c1-6-4-9-7-8-2-3-10(7)5-6/h2-5H,1H3. The van der Waals surface area contributed by atoms with Crippen LogP contribution in [-0.2, 0) is 0 Å². The van der Waals surface area contributed by atoms with Gasteiger partial charge in [-0.2, -0.15) is 0 Å². The largest absolute Gasteiger partial charge is 0.291 e. The summed E-state index contributed by atoms with van der Waals surface area (Å²) in [5, 5.41) is 0. The van der Waals surface area contributed by atoms with Gasteiger partial charge in [-0.15, -0.1) is 0 Å². The molecule has 2 heterocycles. The average Bonchev–Trinajstić information content (AvgIpc) is 2.33. The topological polar surface area (TPSA) is 30.2 Å². The maximum absolute atomic E-state index is 4.09. The predicted molar refractivity (Wildman–Crippen MR) is 37.7 cm³/mol. The highest BCUT2D eigenvalue weighted by molar-refractivity contribution is 5.27. The molecule has 2 aromatic rings. The molecule has 2 rings (SSSR count). The van der Waals surface area contributed by atoms with E-state index in [0.29, 0.717) is 0 Å². The van der Waals surface area contributed by atoms with Crippen LogP contribution in [0.25, 0.3) is 5.78 Å². The number of aromatic nitrogens is 3. The number of imidazole rings is 1. The third kappa shape index (κ3) is 0.673. The second-order valence-corrected chi connectivity index (χ2v) is 2.27. The molecule has 0 aliphatic carbocycles. The molecular weight excluding hydrogens is 126 g/mol. The Labute approximate surface area is 58.4 Å². The van der Waals surface area contributed by atoms with Gasteiger partial charge in [-0.3, -0.25) is 4.40 Å². The normalized spacial score (nSPS) is 10.5. The van der Waals surface area contributed by atoms with Crippen molar-refractivity contribution in [3.63, 3.8) is 0 Å². The molecule has 0 bridgehead atoms. The zero-order valence-electron chi connectivity index (χ0n) is 5.65. The number of nitrogens with zero attached hydrogens (tertiary/aromatic N) is 3. The molecular formula is C7H7N3. The number of fused-ring (bicyclic) bond motifs is 1. The van der Waals surface area contributed by atoms with Crippen LogP contribution in [0.4, 0.5) is 0 Å². The summed E-state index contributed by atoms with van der Waals surface area (Å²) in [4.78, 5) is 8.10. The molecule has 50 valence electrons. The Bertz CT molecular complexity index is 350. The van der Waals surface area contributed by atoms with Crippen LogP contribution in [0.1, 0.15) is 5.56 Å². The van der Waals surface area contributed by atoms with Crippen molar-refractivity contribution in [2.45, 2.75) is 6.92 Å². The first-order valence-corrected chi connectivity index (χ1v) is 3.11. The molecule has 0 aromatic carbocycles. The smallest absolute Gasteiger partial charge is 0.233 e. The van der Waals surface area contributed by atoms with E-state index in [0.717, 1.165) is 11.3 Å². The van der Waals surface area contributed by atoms with Gasteiger partial charge in [0, 0.05) is 24.8 Å². The highest BCUT2D eigenvalue weighted by Gasteiger charge is 1.91. The molecule has 0 amide bonds. The molecule has 3 nitrogen and oxygen atoms in total. The molecule has 0 saturated carbocycles. The van der Waals surface area contributed by atoms with E-state index in [4.69, 9.17) is 0 Å². The number of hydrogen-bond donors (Lipinski definition) is 0. The van der Waals surface area contributed by atoms with E-state index >= 15 is 0 Å². The van der Waals surface area contributed by atoms with Crippen molar-refractivity contribution < 1.29 is 0 Å². The quantitative estimate of drug-likeness (QED) is 0.537. The summed E-state index contributed by atoms with van der Waals surface area (Å²) < 4.78 is 1.90. The van der Waals surface area contributed by atoms with E-state index < -0.39 is 0 Å². The van der Waals surface area contributed by atoms with Gasteiger partial charge in [-0.1, -0.05) is 0 Å². The maximum Gasteiger partial charge on any atom is 0.233 e. The minimum Gasteiger partial charge on any atom is -0.291 e. The van der Waals surface area contributed by atoms with Crippen LogP contribution >= 0.6 is 0 Å². The Morgan fingerprint density at radius 1 is 1.40 bits per heavy atom. The minimum atomic E-state index is 0.755. The Hall–Kier alpha value is -1.38. The van der Waals surface area contributed by atoms with Gasteiger partial charge >= 0.3 is 0 Å². The number of aryl methyl sites for hydroxylation is 1. The number of rotatable bonds is 0. The monoisotopic (exact) mass is 133 g/mol. The Morgan fingerprint density at radius 2 is 2.30 bits per heavy atom. The molecule has 3 heteroatoms. The van der Waals surface area contributed by atoms with Gasteiger partial charge in [-0.05, 0) is 12.5 Å². The zero-order valence-corrected chi connectivity index (χ0v) is 5.65. The first-order valence-electron chi connectivity index (χ1n) is 3.11. The summed E-state index contributed by atoms with van der Waals surface area (Å²) in [6, 6.07) is 0. The molecule has 0 spiro atoms. The van der Waals surface area contributed by atoms with Gasteiger partial charge in [0.05, 0.1) is 0 Å². The lowest BCUT2D eigenvalue weighted by molar-refractivity contribution is 1.08. The van der Waals surface area contributed by atoms with Crippen molar-refractivity contribution in [2.75, 3.05) is 0 Å². The second-order valence-electron chi connectivity index (χ2n) is 2.27. The van der Waals surface area contributed by atoms with Crippen molar-refractivity contribution >= 4 is 5.78 Å². The van der Waals surface area contributed by atoms with Crippen LogP contribution < -0.4 is 0 Å². The van der Waals surface area contributed by atoms with Crippen LogP contribution in [0.5, 0.6) is 0 Å². The summed E-state index contributed by atoms with van der Waals surface area (Å²) in [6.07, 6.45) is 7.43. The highest BCUT2D eigenvalue weighted by atomic mass is 15.1. The molecule has 0 N–H and O–H groups in total. The zero-order chi connectivity index (χ0) is 6.97. The molecule has 0 fully saturated rings. The fourth-order valence-corrected chi connectivity index (χ4v) is 0.918. The summed E-state index contributed by atoms with van der Waals surface area (Å²) in [6.45, 7) is 2.01. The fraction of sp³-hybridized carbons (Fsp3) is 0.143. The average molecular weight is 133 g/mol. The van der Waals surface area contributed by atoms with Gasteiger partial charge in [0.15, 0.2) is 0 Å². The third-order valence-corrected chi connectivity index (χ3v) is 1.37. The van der Waals surface area contributed by atoms with Gasteiger partial charge in [0.25, 0.3) is 0 Å². The molecule has 0 unspecified atom stereocenters. The van der Waals surface area contributed by atoms with Crippen LogP contribution in [-0.4, -0.2) is 14.4 Å². The van der Waals surface area contributed by atoms with E-state index in [1.165, 1.54) is 0 Å². The molecule has 0 atom stereocenters. The molecule has 2 aromatic heterocycles. The fourth-order valence-electron chi connectivity index (χ4n) is 0.918. The van der Waals surface area contributed by atoms with E-state index in [9.17, 15) is 0 Å². The Balaban J connectivity index is 2.86. The van der Waals surface area contributed by atoms with Crippen molar-refractivity contribution in [2.24, 2.45) is 0 Å². The minimum absolute atomic E-state index is 0.755. The third-order valence-electron chi connectivity index (χ3n) is 1.37. The van der Waals surface area contributed by atoms with Crippen molar-refractivity contribution in [3.8, 4) is 0 Å². The van der Waals surface area contributed by atoms with E-state index in [2.05, 4.69) is 9.97 Å². The first-order chi connectivity index (χ1) is 4.86. The Morgan fingerprint density at radius 3 is 3.20 bits per heavy atom. The van der Waals surface area contributed by atoms with E-state index in [1.807, 2.05) is 29.9 Å². The lowest BCUT2D eigenvalue weighted by atomic mass is 10.4. The van der Waals surface area contributed by atoms with Gasteiger partial charge in [-0.25, -0.2) is 9.97 Å². The predicted octanol–water partition coefficient (Wildman–Crippen LogP) is 1.04. The van der Waals surface area contributed by atoms with Crippen molar-refractivity contribution in [1.82, 2.24) is 14.4 Å². The maximum atomic E-state index is 4.09. The lowest BCUT2D eigenvalue weighted by Crippen LogP contribution is -1.87.